The minimum Gasteiger partial charge on any atom is -0.480 e. The minimum atomic E-state index is -1.20. The molecule has 58 heavy (non-hydrogen) atoms. The molecule has 7 rings (SSSR count). The van der Waals surface area contributed by atoms with E-state index in [0.717, 1.165) is 51.4 Å². The van der Waals surface area contributed by atoms with Crippen molar-refractivity contribution in [2.75, 3.05) is 25.0 Å². The zero-order valence-electron chi connectivity index (χ0n) is 33.7. The molecule has 2 heterocycles. The van der Waals surface area contributed by atoms with E-state index < -0.39 is 35.4 Å². The molecule has 4 aliphatic carbocycles. The quantitative estimate of drug-likeness (QED) is 0.0898. The molecule has 5 unspecified atom stereocenters. The van der Waals surface area contributed by atoms with Crippen molar-refractivity contribution in [3.63, 3.8) is 0 Å². The van der Waals surface area contributed by atoms with Crippen LogP contribution in [0.25, 0.3) is 11.0 Å². The number of nitrogens with zero attached hydrogens (tertiary/aromatic N) is 4. The number of aliphatic carboxylic acids is 1. The predicted molar refractivity (Wildman–Crippen MR) is 210 cm³/mol. The first kappa shape index (κ1) is 41.8. The number of carbonyl (C=O) groups is 4. The van der Waals surface area contributed by atoms with Crippen molar-refractivity contribution in [3.05, 3.63) is 22.2 Å². The van der Waals surface area contributed by atoms with Crippen LogP contribution in [0.3, 0.4) is 0 Å². The smallest absolute Gasteiger partial charge is 0.322 e. The third kappa shape index (κ3) is 8.00. The third-order valence-electron chi connectivity index (χ3n) is 15.4. The summed E-state index contributed by atoms with van der Waals surface area (Å²) in [5.74, 6) is -0.133. The first-order valence-corrected chi connectivity index (χ1v) is 21.2. The highest BCUT2D eigenvalue weighted by Crippen LogP contribution is 2.68. The highest BCUT2D eigenvalue weighted by molar-refractivity contribution is 5.93. The number of amides is 3. The number of nitrogens with one attached hydrogen (secondary N) is 3. The Labute approximate surface area is 337 Å². The second kappa shape index (κ2) is 16.7. The fourth-order valence-corrected chi connectivity index (χ4v) is 12.5. The molecule has 3 amide bonds. The molecule has 5 aliphatic rings. The summed E-state index contributed by atoms with van der Waals surface area (Å²) in [6.07, 6.45) is 8.61. The van der Waals surface area contributed by atoms with Gasteiger partial charge in [-0.05, 0) is 133 Å². The number of non-ortho nitro benzene ring substituents is 1. The molecule has 1 aromatic heterocycles. The molecule has 2 aromatic rings. The van der Waals surface area contributed by atoms with Crippen molar-refractivity contribution in [3.8, 4) is 0 Å². The number of hydrogen-bond donors (Lipinski definition) is 6. The van der Waals surface area contributed by atoms with E-state index in [1.54, 1.807) is 0 Å². The van der Waals surface area contributed by atoms with Gasteiger partial charge < -0.3 is 36.2 Å². The van der Waals surface area contributed by atoms with Crippen LogP contribution in [0.5, 0.6) is 0 Å². The number of carboxylic acids is 1. The lowest BCUT2D eigenvalue weighted by molar-refractivity contribution is -0.383. The predicted octanol–water partition coefficient (Wildman–Crippen LogP) is 4.02. The third-order valence-corrected chi connectivity index (χ3v) is 15.4. The zero-order chi connectivity index (χ0) is 41.5. The zero-order valence-corrected chi connectivity index (χ0v) is 33.7. The average Bonchev–Trinajstić information content (AvgIpc) is 3.92. The number of benzene rings is 1. The topological polar surface area (TPSA) is 250 Å². The van der Waals surface area contributed by atoms with Gasteiger partial charge in [-0.15, -0.1) is 0 Å². The van der Waals surface area contributed by atoms with Gasteiger partial charge in [0.1, 0.15) is 12.6 Å². The van der Waals surface area contributed by atoms with Crippen LogP contribution >= 0.6 is 0 Å². The van der Waals surface area contributed by atoms with Crippen molar-refractivity contribution in [1.29, 1.82) is 0 Å². The van der Waals surface area contributed by atoms with Crippen molar-refractivity contribution in [1.82, 2.24) is 25.8 Å². The highest BCUT2D eigenvalue weighted by Gasteiger charge is 2.63. The van der Waals surface area contributed by atoms with E-state index in [9.17, 15) is 44.6 Å². The second-order valence-corrected chi connectivity index (χ2v) is 18.5. The number of nitro benzene ring substituents is 1. The van der Waals surface area contributed by atoms with E-state index in [1.807, 2.05) is 0 Å². The standard InChI is InChI=1S/C41H59N7O10/c1-22(26-7-8-27-36-28(13-15-41(26,27)3)40(2)14-12-25(49)17-23(40)18-32(36)50)6-11-34(52)47-21-24(19-31(47)39(55)43-20-35(53)54)44-33(51)5-4-16-42-29-9-10-30(48(56)57)38-37(29)45-58-46-38/h9-10,22-28,31-32,36,42,49-50H,4-8,11-21H2,1-3H3,(H,43,55)(H,44,51)(H,53,54)/t22-,23?,24+,25-,26-,27?,28?,31+,32?,36?,40+,41-/m1/s1. The molecule has 0 spiro atoms. The van der Waals surface area contributed by atoms with Gasteiger partial charge in [-0.1, -0.05) is 20.8 Å². The van der Waals surface area contributed by atoms with Crippen molar-refractivity contribution in [2.45, 2.75) is 129 Å². The molecule has 0 radical (unpaired) electrons. The molecule has 4 saturated carbocycles. The largest absolute Gasteiger partial charge is 0.480 e. The maximum Gasteiger partial charge on any atom is 0.322 e. The highest BCUT2D eigenvalue weighted by atomic mass is 16.6. The van der Waals surface area contributed by atoms with Crippen LogP contribution in [-0.2, 0) is 19.2 Å². The number of hydrogen-bond acceptors (Lipinski definition) is 12. The number of aliphatic hydroxyl groups excluding tert-OH is 2. The number of fused-ring (bicyclic) bond motifs is 6. The summed E-state index contributed by atoms with van der Waals surface area (Å²) in [5, 5.41) is 58.4. The molecule has 17 nitrogen and oxygen atoms in total. The Morgan fingerprint density at radius 3 is 2.50 bits per heavy atom. The first-order valence-electron chi connectivity index (χ1n) is 21.2. The Balaban J connectivity index is 0.930. The average molecular weight is 810 g/mol. The molecular formula is C41H59N7O10. The Hall–Kier alpha value is -4.38. The minimum absolute atomic E-state index is 0.0167. The van der Waals surface area contributed by atoms with Crippen LogP contribution in [0.4, 0.5) is 11.4 Å². The molecule has 12 atom stereocenters. The molecule has 6 N–H and O–H groups in total. The van der Waals surface area contributed by atoms with Crippen LogP contribution in [-0.4, -0.2) is 103 Å². The van der Waals surface area contributed by atoms with E-state index in [0.29, 0.717) is 48.7 Å². The van der Waals surface area contributed by atoms with Gasteiger partial charge >= 0.3 is 11.7 Å². The van der Waals surface area contributed by atoms with Crippen molar-refractivity contribution >= 4 is 46.1 Å². The summed E-state index contributed by atoms with van der Waals surface area (Å²) in [6.45, 7) is 6.94. The maximum absolute atomic E-state index is 13.9. The first-order chi connectivity index (χ1) is 27.6. The number of nitro groups is 1. The number of aliphatic hydroxyl groups is 2. The monoisotopic (exact) mass is 809 g/mol. The van der Waals surface area contributed by atoms with Crippen LogP contribution in [0.1, 0.15) is 104 Å². The molecule has 1 saturated heterocycles. The molecule has 0 bridgehead atoms. The van der Waals surface area contributed by atoms with Crippen LogP contribution in [0, 0.1) is 56.5 Å². The van der Waals surface area contributed by atoms with Gasteiger partial charge in [0.2, 0.25) is 23.2 Å². The molecule has 1 aromatic carbocycles. The van der Waals surface area contributed by atoms with Crippen LogP contribution in [0.2, 0.25) is 0 Å². The Morgan fingerprint density at radius 2 is 1.74 bits per heavy atom. The number of anilines is 1. The van der Waals surface area contributed by atoms with Gasteiger partial charge in [0.25, 0.3) is 0 Å². The van der Waals surface area contributed by atoms with Crippen LogP contribution < -0.4 is 16.0 Å². The summed E-state index contributed by atoms with van der Waals surface area (Å²) < 4.78 is 4.70. The number of rotatable bonds is 14. The molecule has 5 fully saturated rings. The van der Waals surface area contributed by atoms with Gasteiger partial charge in [0, 0.05) is 38.0 Å². The van der Waals surface area contributed by atoms with E-state index >= 15 is 0 Å². The van der Waals surface area contributed by atoms with Gasteiger partial charge in [-0.3, -0.25) is 29.3 Å². The number of likely N-dealkylation sites (tertiary alicyclic amines) is 1. The van der Waals surface area contributed by atoms with Crippen molar-refractivity contribution in [2.24, 2.45) is 46.3 Å². The van der Waals surface area contributed by atoms with Crippen LogP contribution in [0.15, 0.2) is 16.8 Å². The summed E-state index contributed by atoms with van der Waals surface area (Å²) in [4.78, 5) is 63.6. The summed E-state index contributed by atoms with van der Waals surface area (Å²) in [7, 11) is 0. The molecule has 318 valence electrons. The lowest BCUT2D eigenvalue weighted by Crippen LogP contribution is -2.58. The SMILES string of the molecule is C[C@H](CCC(=O)N1C[C@@H](NC(=O)CCCNc2ccc([N+](=O)[O-])c3nonc23)C[C@H]1C(=O)NCC(=O)O)[C@H]1CCC2C3C(O)CC4C[C@H](O)CC[C@]4(C)C3CC[C@@]21C. The van der Waals surface area contributed by atoms with Gasteiger partial charge in [0.05, 0.1) is 22.8 Å². The Bertz CT molecular complexity index is 1890. The maximum atomic E-state index is 13.9. The second-order valence-electron chi connectivity index (χ2n) is 18.5. The van der Waals surface area contributed by atoms with Gasteiger partial charge in [0.15, 0.2) is 5.52 Å². The number of aromatic nitrogens is 2. The van der Waals surface area contributed by atoms with E-state index in [2.05, 4.69) is 47.0 Å². The molecule has 1 aliphatic heterocycles. The normalized spacial score (nSPS) is 34.7. The number of carboxylic acid groups (broad SMARTS) is 1. The van der Waals surface area contributed by atoms with E-state index in [1.165, 1.54) is 17.0 Å². The van der Waals surface area contributed by atoms with Gasteiger partial charge in [-0.2, -0.15) is 0 Å². The van der Waals surface area contributed by atoms with Crippen molar-refractivity contribution < 1.29 is 44.1 Å². The Morgan fingerprint density at radius 1 is 1.00 bits per heavy atom. The van der Waals surface area contributed by atoms with Gasteiger partial charge in [-0.25, -0.2) is 4.63 Å². The summed E-state index contributed by atoms with van der Waals surface area (Å²) in [5.41, 5.74) is 0.676. The van der Waals surface area contributed by atoms with E-state index in [-0.39, 0.29) is 89.2 Å². The van der Waals surface area contributed by atoms with E-state index in [4.69, 9.17) is 4.63 Å². The summed E-state index contributed by atoms with van der Waals surface area (Å²) >= 11 is 0. The Kier molecular flexibility index (Phi) is 12.0. The molecular weight excluding hydrogens is 750 g/mol. The lowest BCUT2D eigenvalue weighted by Gasteiger charge is -2.62. The fourth-order valence-electron chi connectivity index (χ4n) is 12.5. The lowest BCUT2D eigenvalue weighted by atomic mass is 9.43. The number of carbonyl (C=O) groups excluding carboxylic acids is 3. The summed E-state index contributed by atoms with van der Waals surface area (Å²) in [6, 6.07) is 1.38. The molecule has 17 heteroatoms. The fraction of sp³-hybridized carbons (Fsp3) is 0.756.